The molecule has 6 nitrogen and oxygen atoms in total. The van der Waals surface area contributed by atoms with Gasteiger partial charge in [-0.3, -0.25) is 0 Å². The van der Waals surface area contributed by atoms with Crippen molar-refractivity contribution in [2.45, 2.75) is 27.5 Å². The molecular formula is C12H8Cl6I2N6S. The van der Waals surface area contributed by atoms with E-state index in [4.69, 9.17) is 75.1 Å². The first-order chi connectivity index (χ1) is 12.3. The van der Waals surface area contributed by atoms with Crippen molar-refractivity contribution in [2.75, 3.05) is 0 Å². The van der Waals surface area contributed by atoms with Crippen LogP contribution < -0.4 is 5.32 Å². The van der Waals surface area contributed by atoms with Gasteiger partial charge < -0.3 is 5.32 Å². The highest BCUT2D eigenvalue weighted by Crippen LogP contribution is 2.48. The van der Waals surface area contributed by atoms with Crippen molar-refractivity contribution < 1.29 is 0 Å². The van der Waals surface area contributed by atoms with Crippen LogP contribution >= 0.6 is 127 Å². The number of alkyl halides is 8. The quantitative estimate of drug-likeness (QED) is 0.0807. The number of thioether (sulfide) groups is 1. The summed E-state index contributed by atoms with van der Waals surface area (Å²) in [4.78, 5) is 12.6. The van der Waals surface area contributed by atoms with E-state index in [0.29, 0.717) is 12.8 Å². The largest absolute Gasteiger partial charge is 0.325 e. The smallest absolute Gasteiger partial charge is 0.247 e. The lowest BCUT2D eigenvalue weighted by molar-refractivity contribution is 0.731. The molecule has 0 aromatic carbocycles. The Morgan fingerprint density at radius 1 is 1.07 bits per heavy atom. The first-order valence-electron chi connectivity index (χ1n) is 6.91. The average molecular weight is 735 g/mol. The predicted molar refractivity (Wildman–Crippen MR) is 135 cm³/mol. The number of nitrogens with one attached hydrogen (secondary N) is 1. The van der Waals surface area contributed by atoms with Crippen molar-refractivity contribution in [2.24, 2.45) is 15.1 Å². The molecule has 0 spiro atoms. The van der Waals surface area contributed by atoms with Gasteiger partial charge in [-0.05, 0) is 74.0 Å². The van der Waals surface area contributed by atoms with E-state index < -0.39 is 14.6 Å². The summed E-state index contributed by atoms with van der Waals surface area (Å²) < 4.78 is -4.28. The summed E-state index contributed by atoms with van der Waals surface area (Å²) in [7, 11) is 0. The molecule has 15 heteroatoms. The Hall–Kier alpha value is 1.48. The van der Waals surface area contributed by atoms with Crippen LogP contribution in [0.25, 0.3) is 10.4 Å². The van der Waals surface area contributed by atoms with Crippen molar-refractivity contribution in [3.05, 3.63) is 33.1 Å². The van der Waals surface area contributed by atoms with Crippen LogP contribution in [0.1, 0.15) is 12.8 Å². The molecule has 0 aromatic heterocycles. The maximum atomic E-state index is 8.63. The van der Waals surface area contributed by atoms with Gasteiger partial charge >= 0.3 is 0 Å². The lowest BCUT2D eigenvalue weighted by Crippen LogP contribution is -2.48. The molecule has 0 fully saturated rings. The first kappa shape index (κ1) is 24.7. The van der Waals surface area contributed by atoms with Crippen LogP contribution in [0, 0.1) is 0 Å². The molecule has 1 aliphatic carbocycles. The number of rotatable bonds is 4. The normalized spacial score (nSPS) is 19.3. The number of hydrogen-bond donors (Lipinski definition) is 1. The molecule has 0 aromatic rings. The van der Waals surface area contributed by atoms with Gasteiger partial charge in [0.05, 0.1) is 0 Å². The fourth-order valence-electron chi connectivity index (χ4n) is 2.07. The molecule has 0 amide bonds. The van der Waals surface area contributed by atoms with E-state index in [1.807, 2.05) is 12.2 Å². The molecule has 1 aliphatic heterocycles. The number of aliphatic imine (C=N–C) groups is 2. The summed E-state index contributed by atoms with van der Waals surface area (Å²) in [6.07, 6.45) is 4.48. The summed E-state index contributed by atoms with van der Waals surface area (Å²) >= 11 is 41.2. The SMILES string of the molecule is [N-]=[N+]=NC(I)(I)SC1=CC=C(C2N=C(C(Cl)(Cl)Cl)NC(C(Cl)(Cl)Cl)=N2)CC1. The predicted octanol–water partition coefficient (Wildman–Crippen LogP) is 7.58. The van der Waals surface area contributed by atoms with Crippen LogP contribution in [0.5, 0.6) is 0 Å². The van der Waals surface area contributed by atoms with Crippen molar-refractivity contribution >= 4 is 138 Å². The Bertz CT molecular complexity index is 748. The Morgan fingerprint density at radius 2 is 1.63 bits per heavy atom. The van der Waals surface area contributed by atoms with E-state index in [0.717, 1.165) is 10.5 Å². The van der Waals surface area contributed by atoms with Crippen LogP contribution in [0.15, 0.2) is 37.7 Å². The summed E-state index contributed by atoms with van der Waals surface area (Å²) in [6.45, 7) is 0. The van der Waals surface area contributed by atoms with Gasteiger partial charge in [0, 0.05) is 4.91 Å². The molecule has 0 saturated carbocycles. The fraction of sp³-hybridized carbons (Fsp3) is 0.500. The number of azide groups is 1. The van der Waals surface area contributed by atoms with Gasteiger partial charge in [-0.2, -0.15) is 0 Å². The molecule has 0 saturated heterocycles. The third kappa shape index (κ3) is 7.59. The zero-order chi connectivity index (χ0) is 20.5. The highest BCUT2D eigenvalue weighted by atomic mass is 127. The number of nitrogens with zero attached hydrogens (tertiary/aromatic N) is 5. The van der Waals surface area contributed by atoms with E-state index in [1.165, 1.54) is 11.8 Å². The summed E-state index contributed by atoms with van der Waals surface area (Å²) in [5.74, 6) is 0.0570. The Labute approximate surface area is 216 Å². The maximum absolute atomic E-state index is 8.63. The third-order valence-electron chi connectivity index (χ3n) is 3.17. The first-order valence-corrected chi connectivity index (χ1v) is 12.2. The summed E-state index contributed by atoms with van der Waals surface area (Å²) in [5, 5.41) is 6.42. The van der Waals surface area contributed by atoms with Crippen LogP contribution in [-0.4, -0.2) is 26.3 Å². The number of amidine groups is 2. The lowest BCUT2D eigenvalue weighted by Gasteiger charge is -2.29. The second-order valence-corrected chi connectivity index (χ2v) is 17.6. The molecular weight excluding hydrogens is 727 g/mol. The summed E-state index contributed by atoms with van der Waals surface area (Å²) in [5.41, 5.74) is 9.50. The third-order valence-corrected chi connectivity index (χ3v) is 6.92. The minimum absolute atomic E-state index is 0.0285. The van der Waals surface area contributed by atoms with Gasteiger partial charge in [-0.15, -0.1) is 0 Å². The molecule has 1 heterocycles. The van der Waals surface area contributed by atoms with Crippen molar-refractivity contribution in [3.8, 4) is 0 Å². The van der Waals surface area contributed by atoms with Crippen LogP contribution in [0.4, 0.5) is 0 Å². The van der Waals surface area contributed by atoms with E-state index in [9.17, 15) is 0 Å². The standard InChI is InChI=1S/C12H8Cl6I2N6S/c13-10(14,15)8-22-7(23-9(24-8)11(16,17)18)5-1-3-6(4-2-5)27-12(19,20)25-26-21/h1,3,7H,2,4H2,(H,22,23,24). The molecule has 2 aliphatic rings. The van der Waals surface area contributed by atoms with Crippen molar-refractivity contribution in [3.63, 3.8) is 0 Å². The van der Waals surface area contributed by atoms with E-state index >= 15 is 0 Å². The Morgan fingerprint density at radius 3 is 2.04 bits per heavy atom. The molecule has 2 rings (SSSR count). The highest BCUT2D eigenvalue weighted by Gasteiger charge is 2.39. The van der Waals surface area contributed by atoms with Gasteiger partial charge in [0.1, 0.15) is 0 Å². The second-order valence-electron chi connectivity index (χ2n) is 5.10. The number of allylic oxidation sites excluding steroid dienone is 3. The van der Waals surface area contributed by atoms with Gasteiger partial charge in [0.15, 0.2) is 17.8 Å². The van der Waals surface area contributed by atoms with Gasteiger partial charge in [-0.1, -0.05) is 98.6 Å². The molecule has 0 bridgehead atoms. The molecule has 1 N–H and O–H groups in total. The molecule has 148 valence electrons. The van der Waals surface area contributed by atoms with Crippen LogP contribution in [-0.2, 0) is 0 Å². The summed E-state index contributed by atoms with van der Waals surface area (Å²) in [6, 6.07) is 0. The van der Waals surface area contributed by atoms with E-state index in [2.05, 4.69) is 70.5 Å². The Kier molecular flexibility index (Phi) is 8.93. The van der Waals surface area contributed by atoms with Crippen molar-refractivity contribution in [1.29, 1.82) is 0 Å². The Balaban J connectivity index is 2.29. The minimum atomic E-state index is -1.82. The average Bonchev–Trinajstić information content (AvgIpc) is 2.53. The van der Waals surface area contributed by atoms with Crippen molar-refractivity contribution in [1.82, 2.24) is 5.32 Å². The van der Waals surface area contributed by atoms with Gasteiger partial charge in [0.25, 0.3) is 0 Å². The van der Waals surface area contributed by atoms with Crippen LogP contribution in [0.2, 0.25) is 0 Å². The lowest BCUT2D eigenvalue weighted by atomic mass is 10.0. The molecule has 0 atom stereocenters. The number of hydrogen-bond acceptors (Lipinski definition) is 5. The fourth-order valence-corrected chi connectivity index (χ4v) is 5.27. The monoisotopic (exact) mass is 732 g/mol. The molecule has 0 unspecified atom stereocenters. The topological polar surface area (TPSA) is 85.5 Å². The molecule has 0 radical (unpaired) electrons. The minimum Gasteiger partial charge on any atom is -0.325 e. The van der Waals surface area contributed by atoms with E-state index in [-0.39, 0.29) is 11.7 Å². The van der Waals surface area contributed by atoms with Crippen LogP contribution in [0.3, 0.4) is 0 Å². The zero-order valence-corrected chi connectivity index (χ0v) is 22.5. The highest BCUT2D eigenvalue weighted by molar-refractivity contribution is 14.2. The van der Waals surface area contributed by atoms with Gasteiger partial charge in [0.2, 0.25) is 8.47 Å². The van der Waals surface area contributed by atoms with Gasteiger partial charge in [-0.25, -0.2) is 9.98 Å². The van der Waals surface area contributed by atoms with E-state index in [1.54, 1.807) is 0 Å². The zero-order valence-electron chi connectivity index (χ0n) is 12.8. The molecule has 27 heavy (non-hydrogen) atoms. The number of halogens is 8. The second kappa shape index (κ2) is 9.74. The maximum Gasteiger partial charge on any atom is 0.247 e.